The number of nitrogens with zero attached hydrogens (tertiary/aromatic N) is 1. The molecule has 1 aromatic rings. The molecule has 1 aromatic heterocycles. The number of nitrogens with one attached hydrogen (secondary N) is 1. The van der Waals surface area contributed by atoms with E-state index in [-0.39, 0.29) is 6.04 Å². The second kappa shape index (κ2) is 7.38. The first-order chi connectivity index (χ1) is 10.8. The number of carbonyl (C=O) groups is 1. The van der Waals surface area contributed by atoms with Crippen LogP contribution in [0.3, 0.4) is 0 Å². The molecule has 0 saturated heterocycles. The van der Waals surface area contributed by atoms with Crippen molar-refractivity contribution in [3.63, 3.8) is 0 Å². The Morgan fingerprint density at radius 3 is 2.43 bits per heavy atom. The molecule has 0 bridgehead atoms. The van der Waals surface area contributed by atoms with Crippen LogP contribution < -0.4 is 10.9 Å². The van der Waals surface area contributed by atoms with E-state index in [0.717, 1.165) is 38.5 Å². The van der Waals surface area contributed by atoms with E-state index in [0.29, 0.717) is 16.8 Å². The molecule has 1 fully saturated rings. The maximum absolute atomic E-state index is 12.8. The fourth-order valence-corrected chi connectivity index (χ4v) is 2.95. The smallest absolute Gasteiger partial charge is 0.352 e. The van der Waals surface area contributed by atoms with Crippen LogP contribution >= 0.6 is 11.6 Å². The molecule has 0 aliphatic heterocycles. The van der Waals surface area contributed by atoms with Crippen LogP contribution in [0, 0.1) is 0 Å². The first-order valence-corrected chi connectivity index (χ1v) is 7.91. The Bertz CT molecular complexity index is 620. The van der Waals surface area contributed by atoms with E-state index < -0.39 is 34.8 Å². The summed E-state index contributed by atoms with van der Waals surface area (Å²) in [4.78, 5) is 23.8. The summed E-state index contributed by atoms with van der Waals surface area (Å²) < 4.78 is 39.0. The molecule has 1 aliphatic rings. The van der Waals surface area contributed by atoms with Crippen molar-refractivity contribution in [3.8, 4) is 0 Å². The topological polar surface area (TPSA) is 51.1 Å². The second-order valence-electron chi connectivity index (χ2n) is 5.76. The molecule has 8 heteroatoms. The zero-order valence-electron chi connectivity index (χ0n) is 12.5. The minimum absolute atomic E-state index is 0.0157. The first-order valence-electron chi connectivity index (χ1n) is 7.54. The molecule has 128 valence electrons. The van der Waals surface area contributed by atoms with E-state index in [1.165, 1.54) is 0 Å². The number of carbonyl (C=O) groups excluding carboxylic acids is 1. The normalized spacial score (nSPS) is 16.9. The first kappa shape index (κ1) is 17.8. The molecule has 1 amide bonds. The lowest BCUT2D eigenvalue weighted by Crippen LogP contribution is -2.39. The molecule has 1 heterocycles. The Hall–Kier alpha value is -1.50. The largest absolute Gasteiger partial charge is 0.417 e. The van der Waals surface area contributed by atoms with Gasteiger partial charge in [-0.05, 0) is 18.9 Å². The molecule has 0 aromatic carbocycles. The van der Waals surface area contributed by atoms with Crippen molar-refractivity contribution in [3.05, 3.63) is 33.2 Å². The van der Waals surface area contributed by atoms with Crippen LogP contribution in [-0.2, 0) is 17.5 Å². The van der Waals surface area contributed by atoms with Crippen LogP contribution in [0.15, 0.2) is 17.1 Å². The monoisotopic (exact) mass is 350 g/mol. The van der Waals surface area contributed by atoms with Crippen LogP contribution in [-0.4, -0.2) is 16.5 Å². The van der Waals surface area contributed by atoms with Crippen molar-refractivity contribution in [2.45, 2.75) is 57.3 Å². The van der Waals surface area contributed by atoms with E-state index in [1.807, 2.05) is 0 Å². The Labute approximate surface area is 136 Å². The van der Waals surface area contributed by atoms with Crippen LogP contribution in [0.1, 0.15) is 44.1 Å². The SMILES string of the molecule is O=C(Cn1cc(C(F)(F)F)cc(Cl)c1=O)NC1CCCCCC1. The molecule has 0 atom stereocenters. The Morgan fingerprint density at radius 1 is 1.26 bits per heavy atom. The highest BCUT2D eigenvalue weighted by molar-refractivity contribution is 6.30. The van der Waals surface area contributed by atoms with Gasteiger partial charge in [0.15, 0.2) is 0 Å². The van der Waals surface area contributed by atoms with Gasteiger partial charge in [0.05, 0.1) is 5.56 Å². The molecule has 1 N–H and O–H groups in total. The highest BCUT2D eigenvalue weighted by Crippen LogP contribution is 2.29. The maximum atomic E-state index is 12.8. The average molecular weight is 351 g/mol. The molecule has 1 aliphatic carbocycles. The highest BCUT2D eigenvalue weighted by Gasteiger charge is 2.32. The van der Waals surface area contributed by atoms with Crippen LogP contribution in [0.25, 0.3) is 0 Å². The summed E-state index contributed by atoms with van der Waals surface area (Å²) in [6.07, 6.45) is 1.97. The van der Waals surface area contributed by atoms with Crippen molar-refractivity contribution in [2.24, 2.45) is 0 Å². The van der Waals surface area contributed by atoms with Gasteiger partial charge >= 0.3 is 6.18 Å². The molecular formula is C15H18ClF3N2O2. The second-order valence-corrected chi connectivity index (χ2v) is 6.17. The van der Waals surface area contributed by atoms with Gasteiger partial charge < -0.3 is 9.88 Å². The third-order valence-electron chi connectivity index (χ3n) is 3.90. The third-order valence-corrected chi connectivity index (χ3v) is 4.17. The summed E-state index contributed by atoms with van der Waals surface area (Å²) in [5, 5.41) is 2.24. The summed E-state index contributed by atoms with van der Waals surface area (Å²) in [7, 11) is 0. The van der Waals surface area contributed by atoms with Gasteiger partial charge in [-0.2, -0.15) is 13.2 Å². The Balaban J connectivity index is 2.10. The zero-order valence-corrected chi connectivity index (χ0v) is 13.2. The van der Waals surface area contributed by atoms with Crippen LogP contribution in [0.5, 0.6) is 0 Å². The quantitative estimate of drug-likeness (QED) is 0.850. The number of aromatic nitrogens is 1. The average Bonchev–Trinajstić information content (AvgIpc) is 2.71. The number of pyridine rings is 1. The standard InChI is InChI=1S/C15H18ClF3N2O2/c16-12-7-10(15(17,18)19)8-21(14(12)23)9-13(22)20-11-5-3-1-2-4-6-11/h7-8,11H,1-6,9H2,(H,20,22). The molecule has 0 radical (unpaired) electrons. The van der Waals surface area contributed by atoms with Crippen molar-refractivity contribution in [2.75, 3.05) is 0 Å². The lowest BCUT2D eigenvalue weighted by atomic mass is 10.1. The van der Waals surface area contributed by atoms with Crippen LogP contribution in [0.4, 0.5) is 13.2 Å². The van der Waals surface area contributed by atoms with Crippen molar-refractivity contribution in [1.82, 2.24) is 9.88 Å². The molecule has 0 unspecified atom stereocenters. The van der Waals surface area contributed by atoms with Gasteiger partial charge in [-0.25, -0.2) is 0 Å². The summed E-state index contributed by atoms with van der Waals surface area (Å²) in [6.45, 7) is -0.473. The minimum Gasteiger partial charge on any atom is -0.352 e. The zero-order chi connectivity index (χ0) is 17.0. The predicted octanol–water partition coefficient (Wildman–Crippen LogP) is 3.36. The summed E-state index contributed by atoms with van der Waals surface area (Å²) in [5.41, 5.74) is -1.86. The Kier molecular flexibility index (Phi) is 5.73. The molecule has 0 spiro atoms. The number of hydrogen-bond acceptors (Lipinski definition) is 2. The summed E-state index contributed by atoms with van der Waals surface area (Å²) in [5.74, 6) is -0.477. The van der Waals surface area contributed by atoms with Gasteiger partial charge in [-0.3, -0.25) is 9.59 Å². The van der Waals surface area contributed by atoms with Crippen molar-refractivity contribution >= 4 is 17.5 Å². The van der Waals surface area contributed by atoms with E-state index in [9.17, 15) is 22.8 Å². The number of rotatable bonds is 3. The van der Waals surface area contributed by atoms with E-state index >= 15 is 0 Å². The highest BCUT2D eigenvalue weighted by atomic mass is 35.5. The molecular weight excluding hydrogens is 333 g/mol. The minimum atomic E-state index is -4.63. The van der Waals surface area contributed by atoms with Crippen molar-refractivity contribution < 1.29 is 18.0 Å². The fourth-order valence-electron chi connectivity index (χ4n) is 2.72. The maximum Gasteiger partial charge on any atom is 0.417 e. The number of hydrogen-bond donors (Lipinski definition) is 1. The van der Waals surface area contributed by atoms with Gasteiger partial charge in [-0.15, -0.1) is 0 Å². The molecule has 23 heavy (non-hydrogen) atoms. The van der Waals surface area contributed by atoms with Gasteiger partial charge in [0.1, 0.15) is 11.6 Å². The van der Waals surface area contributed by atoms with Gasteiger partial charge in [0.2, 0.25) is 5.91 Å². The third kappa shape index (κ3) is 4.99. The number of halogens is 4. The van der Waals surface area contributed by atoms with E-state index in [1.54, 1.807) is 0 Å². The van der Waals surface area contributed by atoms with Crippen molar-refractivity contribution in [1.29, 1.82) is 0 Å². The number of amides is 1. The van der Waals surface area contributed by atoms with Gasteiger partial charge in [0, 0.05) is 12.2 Å². The van der Waals surface area contributed by atoms with E-state index in [2.05, 4.69) is 5.32 Å². The summed E-state index contributed by atoms with van der Waals surface area (Å²) >= 11 is 5.56. The van der Waals surface area contributed by atoms with E-state index in [4.69, 9.17) is 11.6 Å². The van der Waals surface area contributed by atoms with Crippen LogP contribution in [0.2, 0.25) is 5.02 Å². The molecule has 2 rings (SSSR count). The summed E-state index contributed by atoms with van der Waals surface area (Å²) in [6, 6.07) is 0.589. The predicted molar refractivity (Wildman–Crippen MR) is 80.3 cm³/mol. The Morgan fingerprint density at radius 2 is 1.87 bits per heavy atom. The lowest BCUT2D eigenvalue weighted by Gasteiger charge is -2.17. The van der Waals surface area contributed by atoms with Gasteiger partial charge in [-0.1, -0.05) is 37.3 Å². The molecule has 4 nitrogen and oxygen atoms in total. The van der Waals surface area contributed by atoms with Gasteiger partial charge in [0.25, 0.3) is 5.56 Å². The molecule has 1 saturated carbocycles. The lowest BCUT2D eigenvalue weighted by molar-refractivity contribution is -0.138. The fraction of sp³-hybridized carbons (Fsp3) is 0.600. The number of alkyl halides is 3.